The predicted octanol–water partition coefficient (Wildman–Crippen LogP) is 3.41. The number of anilines is 1. The largest absolute Gasteiger partial charge is 0.417 e. The Morgan fingerprint density at radius 3 is 2.36 bits per heavy atom. The van der Waals surface area contributed by atoms with Crippen LogP contribution in [-0.4, -0.2) is 49.9 Å². The fraction of sp³-hybridized carbons (Fsp3) is 0.625. The number of likely N-dealkylation sites (tertiary alicyclic amines) is 1. The van der Waals surface area contributed by atoms with Crippen LogP contribution in [-0.2, 0) is 15.8 Å². The van der Waals surface area contributed by atoms with Crippen molar-refractivity contribution in [3.63, 3.8) is 0 Å². The molecule has 2 aliphatic heterocycles. The van der Waals surface area contributed by atoms with Gasteiger partial charge in [0.25, 0.3) is 0 Å². The molecule has 2 saturated heterocycles. The van der Waals surface area contributed by atoms with E-state index in [0.717, 1.165) is 38.2 Å². The van der Waals surface area contributed by atoms with Crippen LogP contribution in [0.25, 0.3) is 0 Å². The fourth-order valence-corrected chi connectivity index (χ4v) is 5.51. The molecule has 9 heteroatoms. The SMILES string of the molecule is CNC(=O)[C@@H]1CN(C(=O)C2CCC2)C[C@H]1C1CCN(c2ccc(C#N)c(C(F)(F)F)c2)CC1. The lowest BCUT2D eigenvalue weighted by molar-refractivity contribution is -0.138. The molecule has 0 spiro atoms. The van der Waals surface area contributed by atoms with Crippen molar-refractivity contribution < 1.29 is 22.8 Å². The molecule has 2 heterocycles. The van der Waals surface area contributed by atoms with Crippen LogP contribution in [0.1, 0.15) is 43.2 Å². The second-order valence-electron chi connectivity index (χ2n) is 9.42. The number of piperidine rings is 1. The highest BCUT2D eigenvalue weighted by Crippen LogP contribution is 2.40. The van der Waals surface area contributed by atoms with Crippen LogP contribution in [0.3, 0.4) is 0 Å². The molecule has 4 rings (SSSR count). The molecule has 1 saturated carbocycles. The number of amides is 2. The molecule has 6 nitrogen and oxygen atoms in total. The number of hydrogen-bond acceptors (Lipinski definition) is 4. The molecule has 2 atom stereocenters. The summed E-state index contributed by atoms with van der Waals surface area (Å²) in [6.45, 7) is 2.17. The standard InChI is InChI=1S/C24H29F3N4O2/c1-29-22(32)20-14-31(23(33)16-3-2-4-16)13-19(20)15-7-9-30(10-8-15)18-6-5-17(12-28)21(11-18)24(25,26)27/h5-6,11,15-16,19-20H,2-4,7-10,13-14H2,1H3,(H,29,32)/t19-,20+/m0/s1. The van der Waals surface area contributed by atoms with Gasteiger partial charge in [0, 0.05) is 44.8 Å². The zero-order valence-corrected chi connectivity index (χ0v) is 18.7. The number of rotatable bonds is 4. The zero-order chi connectivity index (χ0) is 23.8. The van der Waals surface area contributed by atoms with Crippen LogP contribution in [0.15, 0.2) is 18.2 Å². The third-order valence-electron chi connectivity index (χ3n) is 7.65. The van der Waals surface area contributed by atoms with Crippen molar-refractivity contribution in [2.24, 2.45) is 23.7 Å². The van der Waals surface area contributed by atoms with E-state index in [1.165, 1.54) is 6.07 Å². The van der Waals surface area contributed by atoms with Crippen LogP contribution in [0.4, 0.5) is 18.9 Å². The van der Waals surface area contributed by atoms with Gasteiger partial charge in [-0.1, -0.05) is 6.42 Å². The Bertz CT molecular complexity index is 946. The number of nitrogens with zero attached hydrogens (tertiary/aromatic N) is 3. The van der Waals surface area contributed by atoms with Crippen molar-refractivity contribution in [1.82, 2.24) is 10.2 Å². The lowest BCUT2D eigenvalue weighted by atomic mass is 9.78. The Hall–Kier alpha value is -2.76. The Balaban J connectivity index is 1.44. The van der Waals surface area contributed by atoms with Crippen LogP contribution in [0.2, 0.25) is 0 Å². The van der Waals surface area contributed by atoms with Crippen LogP contribution in [0.5, 0.6) is 0 Å². The molecule has 0 radical (unpaired) electrons. The van der Waals surface area contributed by atoms with Gasteiger partial charge >= 0.3 is 6.18 Å². The van der Waals surface area contributed by atoms with Gasteiger partial charge in [-0.15, -0.1) is 0 Å². The van der Waals surface area contributed by atoms with Gasteiger partial charge in [0.05, 0.1) is 23.1 Å². The molecule has 178 valence electrons. The first kappa shape index (κ1) is 23.4. The molecule has 1 aromatic carbocycles. The highest BCUT2D eigenvalue weighted by atomic mass is 19.4. The summed E-state index contributed by atoms with van der Waals surface area (Å²) >= 11 is 0. The van der Waals surface area contributed by atoms with E-state index in [0.29, 0.717) is 31.9 Å². The molecule has 0 aromatic heterocycles. The number of carbonyl (C=O) groups is 2. The van der Waals surface area contributed by atoms with Gasteiger partial charge in [-0.2, -0.15) is 18.4 Å². The van der Waals surface area contributed by atoms with Gasteiger partial charge in [0.1, 0.15) is 0 Å². The lowest BCUT2D eigenvalue weighted by Gasteiger charge is -2.37. The molecule has 1 aromatic rings. The first-order chi connectivity index (χ1) is 15.7. The third kappa shape index (κ3) is 4.66. The van der Waals surface area contributed by atoms with E-state index in [9.17, 15) is 22.8 Å². The first-order valence-corrected chi connectivity index (χ1v) is 11.6. The molecular weight excluding hydrogens is 433 g/mol. The van der Waals surface area contributed by atoms with E-state index in [4.69, 9.17) is 5.26 Å². The summed E-state index contributed by atoms with van der Waals surface area (Å²) in [5, 5.41) is 11.8. The Kier molecular flexibility index (Phi) is 6.55. The van der Waals surface area contributed by atoms with Crippen molar-refractivity contribution in [3.8, 4) is 6.07 Å². The molecule has 33 heavy (non-hydrogen) atoms. The van der Waals surface area contributed by atoms with Crippen molar-refractivity contribution >= 4 is 17.5 Å². The minimum Gasteiger partial charge on any atom is -0.372 e. The van der Waals surface area contributed by atoms with Crippen molar-refractivity contribution in [3.05, 3.63) is 29.3 Å². The minimum atomic E-state index is -4.58. The van der Waals surface area contributed by atoms with E-state index < -0.39 is 11.7 Å². The minimum absolute atomic E-state index is 0.0479. The van der Waals surface area contributed by atoms with Gasteiger partial charge < -0.3 is 15.1 Å². The topological polar surface area (TPSA) is 76.4 Å². The van der Waals surface area contributed by atoms with Gasteiger partial charge in [-0.05, 0) is 55.7 Å². The average molecular weight is 463 g/mol. The van der Waals surface area contributed by atoms with E-state index in [1.807, 2.05) is 9.80 Å². The second-order valence-corrected chi connectivity index (χ2v) is 9.42. The summed E-state index contributed by atoms with van der Waals surface area (Å²) in [5.41, 5.74) is -0.835. The van der Waals surface area contributed by atoms with E-state index in [1.54, 1.807) is 19.2 Å². The Morgan fingerprint density at radius 1 is 1.12 bits per heavy atom. The number of halogens is 3. The maximum atomic E-state index is 13.4. The van der Waals surface area contributed by atoms with E-state index in [2.05, 4.69) is 5.32 Å². The molecule has 1 N–H and O–H groups in total. The van der Waals surface area contributed by atoms with Gasteiger partial charge in [-0.3, -0.25) is 9.59 Å². The number of nitriles is 1. The summed E-state index contributed by atoms with van der Waals surface area (Å²) in [6.07, 6.45) is -0.173. The van der Waals surface area contributed by atoms with Crippen molar-refractivity contribution in [1.29, 1.82) is 5.26 Å². The summed E-state index contributed by atoms with van der Waals surface area (Å²) in [5.74, 6) is 0.240. The molecule has 0 bridgehead atoms. The monoisotopic (exact) mass is 462 g/mol. The summed E-state index contributed by atoms with van der Waals surface area (Å²) in [6, 6.07) is 5.47. The number of alkyl halides is 3. The Morgan fingerprint density at radius 2 is 1.82 bits per heavy atom. The quantitative estimate of drug-likeness (QED) is 0.744. The Labute approximate surface area is 191 Å². The number of benzene rings is 1. The van der Waals surface area contributed by atoms with Gasteiger partial charge in [0.2, 0.25) is 11.8 Å². The molecule has 1 aliphatic carbocycles. The lowest BCUT2D eigenvalue weighted by Crippen LogP contribution is -2.41. The summed E-state index contributed by atoms with van der Waals surface area (Å²) < 4.78 is 40.1. The number of nitrogens with one attached hydrogen (secondary N) is 1. The predicted molar refractivity (Wildman–Crippen MR) is 116 cm³/mol. The number of carbonyl (C=O) groups excluding carboxylic acids is 2. The fourth-order valence-electron chi connectivity index (χ4n) is 5.51. The molecule has 3 aliphatic rings. The first-order valence-electron chi connectivity index (χ1n) is 11.6. The van der Waals surface area contributed by atoms with E-state index >= 15 is 0 Å². The van der Waals surface area contributed by atoms with Gasteiger partial charge in [-0.25, -0.2) is 0 Å². The van der Waals surface area contributed by atoms with E-state index in [-0.39, 0.29) is 41.0 Å². The van der Waals surface area contributed by atoms with Crippen LogP contribution >= 0.6 is 0 Å². The van der Waals surface area contributed by atoms with Crippen LogP contribution < -0.4 is 10.2 Å². The summed E-state index contributed by atoms with van der Waals surface area (Å²) in [7, 11) is 1.61. The maximum absolute atomic E-state index is 13.4. The third-order valence-corrected chi connectivity index (χ3v) is 7.65. The smallest absolute Gasteiger partial charge is 0.372 e. The highest BCUT2D eigenvalue weighted by molar-refractivity contribution is 5.83. The average Bonchev–Trinajstić information content (AvgIpc) is 3.22. The molecule has 2 amide bonds. The molecular formula is C24H29F3N4O2. The summed E-state index contributed by atoms with van der Waals surface area (Å²) in [4.78, 5) is 29.1. The zero-order valence-electron chi connectivity index (χ0n) is 18.7. The van der Waals surface area contributed by atoms with Gasteiger partial charge in [0.15, 0.2) is 0 Å². The molecule has 0 unspecified atom stereocenters. The van der Waals surface area contributed by atoms with Crippen LogP contribution in [0, 0.1) is 35.0 Å². The maximum Gasteiger partial charge on any atom is 0.417 e. The number of hydrogen-bond donors (Lipinski definition) is 1. The highest BCUT2D eigenvalue weighted by Gasteiger charge is 2.45. The normalized spacial score (nSPS) is 24.3. The second kappa shape index (κ2) is 9.24. The van der Waals surface area contributed by atoms with Crippen molar-refractivity contribution in [2.75, 3.05) is 38.1 Å². The van der Waals surface area contributed by atoms with Crippen molar-refractivity contribution in [2.45, 2.75) is 38.3 Å². The molecule has 3 fully saturated rings.